The molecule has 3 aromatic rings. The van der Waals surface area contributed by atoms with E-state index in [4.69, 9.17) is 10.5 Å². The van der Waals surface area contributed by atoms with E-state index in [9.17, 15) is 14.0 Å². The summed E-state index contributed by atoms with van der Waals surface area (Å²) in [6, 6.07) is 5.52. The first kappa shape index (κ1) is 26.3. The van der Waals surface area contributed by atoms with Crippen LogP contribution >= 0.6 is 0 Å². The Morgan fingerprint density at radius 3 is 2.69 bits per heavy atom. The Morgan fingerprint density at radius 2 is 1.97 bits per heavy atom. The molecule has 1 spiro atoms. The number of halogens is 2. The van der Waals surface area contributed by atoms with Crippen LogP contribution in [0.3, 0.4) is 0 Å². The maximum absolute atomic E-state index is 15.0. The van der Waals surface area contributed by atoms with Crippen molar-refractivity contribution in [2.45, 2.75) is 38.0 Å². The summed E-state index contributed by atoms with van der Waals surface area (Å²) in [6.07, 6.45) is 6.31. The van der Waals surface area contributed by atoms with Gasteiger partial charge in [0.15, 0.2) is 11.6 Å². The van der Waals surface area contributed by atoms with E-state index in [2.05, 4.69) is 21.9 Å². The van der Waals surface area contributed by atoms with Crippen molar-refractivity contribution in [1.82, 2.24) is 14.9 Å². The van der Waals surface area contributed by atoms with Gasteiger partial charge in [-0.3, -0.25) is 9.59 Å². The summed E-state index contributed by atoms with van der Waals surface area (Å²) in [5.41, 5.74) is 9.23. The molecule has 5 rings (SSSR count). The van der Waals surface area contributed by atoms with Crippen LogP contribution in [-0.4, -0.2) is 46.9 Å². The lowest BCUT2D eigenvalue weighted by molar-refractivity contribution is -0.125. The van der Waals surface area contributed by atoms with E-state index in [1.165, 1.54) is 35.5 Å². The second kappa shape index (κ2) is 10.1. The second-order valence-corrected chi connectivity index (χ2v) is 10.1. The largest absolute Gasteiger partial charge is 0.486 e. The number of hydrogen-bond acceptors (Lipinski definition) is 6. The van der Waals surface area contributed by atoms with Crippen molar-refractivity contribution in [3.63, 3.8) is 0 Å². The van der Waals surface area contributed by atoms with Gasteiger partial charge in [-0.25, -0.2) is 18.7 Å². The minimum absolute atomic E-state index is 0.0283. The number of carbonyl (C=O) groups is 2. The summed E-state index contributed by atoms with van der Waals surface area (Å²) < 4.78 is 35.7. The third-order valence-corrected chi connectivity index (χ3v) is 7.67. The fourth-order valence-corrected chi connectivity index (χ4v) is 5.19. The van der Waals surface area contributed by atoms with E-state index in [0.717, 1.165) is 36.8 Å². The van der Waals surface area contributed by atoms with Gasteiger partial charge in [0.2, 0.25) is 5.91 Å². The molecule has 0 radical (unpaired) electrons. The molecule has 0 bridgehead atoms. The monoisotopic (exact) mass is 533 g/mol. The zero-order valence-corrected chi connectivity index (χ0v) is 21.8. The van der Waals surface area contributed by atoms with Crippen molar-refractivity contribution >= 4 is 23.3 Å². The first-order valence-electron chi connectivity index (χ1n) is 12.7. The van der Waals surface area contributed by atoms with Gasteiger partial charge in [-0.2, -0.15) is 0 Å². The number of nitrogens with two attached hydrogens (primary N) is 1. The van der Waals surface area contributed by atoms with Gasteiger partial charge in [0.25, 0.3) is 5.91 Å². The molecule has 1 aromatic heterocycles. The fourth-order valence-electron chi connectivity index (χ4n) is 5.19. The molecule has 2 amide bonds. The molecule has 39 heavy (non-hydrogen) atoms. The third-order valence-electron chi connectivity index (χ3n) is 7.67. The molecule has 2 aliphatic rings. The average Bonchev–Trinajstić information content (AvgIpc) is 3.62. The van der Waals surface area contributed by atoms with Gasteiger partial charge in [0.05, 0.1) is 12.1 Å². The summed E-state index contributed by atoms with van der Waals surface area (Å²) in [6.45, 7) is 5.43. The molecule has 0 atom stereocenters. The van der Waals surface area contributed by atoms with Crippen LogP contribution < -0.4 is 15.8 Å². The average molecular weight is 534 g/mol. The molecule has 202 valence electrons. The van der Waals surface area contributed by atoms with Crippen LogP contribution in [0.15, 0.2) is 43.2 Å². The number of benzene rings is 2. The quantitative estimate of drug-likeness (QED) is 0.411. The fraction of sp³-hybridized carbons (Fsp3) is 0.310. The molecule has 1 heterocycles. The molecule has 1 saturated carbocycles. The molecule has 10 heteroatoms. The molecule has 0 unspecified atom stereocenters. The minimum atomic E-state index is -0.666. The molecule has 0 saturated heterocycles. The number of hydrogen-bond donors (Lipinski definition) is 2. The SMILES string of the molecule is C=CC(=O)N(C)CCOc1c(N)ncnc1-c1cc(F)cc(NC(=O)c2cc3c(cc2F)C2(CC3)CC2)c1C. The summed E-state index contributed by atoms with van der Waals surface area (Å²) in [7, 11) is 1.60. The van der Waals surface area contributed by atoms with Gasteiger partial charge in [-0.15, -0.1) is 0 Å². The lowest BCUT2D eigenvalue weighted by Gasteiger charge is -2.18. The summed E-state index contributed by atoms with van der Waals surface area (Å²) in [4.78, 5) is 34.5. The molecule has 1 fully saturated rings. The highest BCUT2D eigenvalue weighted by atomic mass is 19.1. The maximum atomic E-state index is 15.0. The summed E-state index contributed by atoms with van der Waals surface area (Å²) >= 11 is 0. The van der Waals surface area contributed by atoms with Gasteiger partial charge in [-0.05, 0) is 85.1 Å². The first-order chi connectivity index (χ1) is 18.6. The minimum Gasteiger partial charge on any atom is -0.486 e. The number of nitrogen functional groups attached to an aromatic ring is 1. The number of ether oxygens (including phenoxy) is 1. The van der Waals surface area contributed by atoms with E-state index in [1.807, 2.05) is 0 Å². The lowest BCUT2D eigenvalue weighted by Crippen LogP contribution is -2.29. The Balaban J connectivity index is 1.42. The summed E-state index contributed by atoms with van der Waals surface area (Å²) in [5.74, 6) is -2.03. The molecule has 8 nitrogen and oxygen atoms in total. The third kappa shape index (κ3) is 4.94. The summed E-state index contributed by atoms with van der Waals surface area (Å²) in [5, 5.41) is 2.67. The number of rotatable bonds is 8. The Hall–Kier alpha value is -4.34. The highest BCUT2D eigenvalue weighted by Crippen LogP contribution is 2.57. The molecule has 2 aliphatic carbocycles. The predicted octanol–water partition coefficient (Wildman–Crippen LogP) is 4.57. The molecule has 3 N–H and O–H groups in total. The van der Waals surface area contributed by atoms with Crippen LogP contribution in [0.1, 0.15) is 46.3 Å². The number of anilines is 2. The zero-order chi connectivity index (χ0) is 27.9. The van der Waals surface area contributed by atoms with Crippen LogP contribution in [0.2, 0.25) is 0 Å². The number of fused-ring (bicyclic) bond motifs is 2. The van der Waals surface area contributed by atoms with E-state index in [1.54, 1.807) is 20.0 Å². The highest BCUT2D eigenvalue weighted by Gasteiger charge is 2.48. The number of aryl methyl sites for hydroxylation is 1. The lowest BCUT2D eigenvalue weighted by atomic mass is 9.96. The number of carbonyl (C=O) groups excluding carboxylic acids is 2. The zero-order valence-electron chi connectivity index (χ0n) is 21.8. The number of likely N-dealkylation sites (N-methyl/N-ethyl adjacent to an activating group) is 1. The Kier molecular flexibility index (Phi) is 6.80. The molecule has 2 aromatic carbocycles. The predicted molar refractivity (Wildman–Crippen MR) is 143 cm³/mol. The van der Waals surface area contributed by atoms with Crippen LogP contribution in [0.4, 0.5) is 20.3 Å². The number of amides is 2. The smallest absolute Gasteiger partial charge is 0.258 e. The standard InChI is InChI=1S/C29H29F2N5O3/c1-4-24(37)36(3)9-10-39-26-25(33-15-34-27(26)32)19-12-18(30)13-23(16(19)2)35-28(38)20-11-17-5-6-29(7-8-29)21(17)14-22(20)31/h4,11-15H,1,5-10H2,2-3H3,(H,35,38)(H2,32,33,34). The van der Waals surface area contributed by atoms with Crippen LogP contribution in [0.5, 0.6) is 5.75 Å². The van der Waals surface area contributed by atoms with Crippen molar-refractivity contribution < 1.29 is 23.1 Å². The van der Waals surface area contributed by atoms with Crippen molar-refractivity contribution in [2.24, 2.45) is 0 Å². The van der Waals surface area contributed by atoms with Gasteiger partial charge in [0.1, 0.15) is 30.3 Å². The number of nitrogens with zero attached hydrogens (tertiary/aromatic N) is 3. The Labute approximate surface area is 224 Å². The van der Waals surface area contributed by atoms with Crippen molar-refractivity contribution in [2.75, 3.05) is 31.2 Å². The van der Waals surface area contributed by atoms with Gasteiger partial charge in [-0.1, -0.05) is 6.58 Å². The maximum Gasteiger partial charge on any atom is 0.258 e. The normalized spacial score (nSPS) is 14.6. The van der Waals surface area contributed by atoms with E-state index in [0.29, 0.717) is 11.1 Å². The van der Waals surface area contributed by atoms with Crippen molar-refractivity contribution in [3.8, 4) is 17.0 Å². The van der Waals surface area contributed by atoms with Crippen molar-refractivity contribution in [1.29, 1.82) is 0 Å². The van der Waals surface area contributed by atoms with E-state index in [-0.39, 0.29) is 53.0 Å². The van der Waals surface area contributed by atoms with E-state index < -0.39 is 17.5 Å². The number of aromatic nitrogens is 2. The van der Waals surface area contributed by atoms with Gasteiger partial charge >= 0.3 is 0 Å². The Bertz CT molecular complexity index is 1500. The van der Waals surface area contributed by atoms with Gasteiger partial charge < -0.3 is 20.7 Å². The molecular formula is C29H29F2N5O3. The molecule has 0 aliphatic heterocycles. The Morgan fingerprint density at radius 1 is 1.21 bits per heavy atom. The van der Waals surface area contributed by atoms with E-state index >= 15 is 4.39 Å². The van der Waals surface area contributed by atoms with Crippen LogP contribution in [0, 0.1) is 18.6 Å². The van der Waals surface area contributed by atoms with Crippen molar-refractivity contribution in [3.05, 3.63) is 77.1 Å². The second-order valence-electron chi connectivity index (χ2n) is 10.1. The number of nitrogens with one attached hydrogen (secondary N) is 1. The highest BCUT2D eigenvalue weighted by molar-refractivity contribution is 6.05. The van der Waals surface area contributed by atoms with Gasteiger partial charge in [0, 0.05) is 18.3 Å². The van der Waals surface area contributed by atoms with Crippen LogP contribution in [-0.2, 0) is 16.6 Å². The topological polar surface area (TPSA) is 110 Å². The molecular weight excluding hydrogens is 504 g/mol. The van der Waals surface area contributed by atoms with Crippen LogP contribution in [0.25, 0.3) is 11.3 Å². The first-order valence-corrected chi connectivity index (χ1v) is 12.7.